The van der Waals surface area contributed by atoms with Crippen LogP contribution in [0.3, 0.4) is 0 Å². The predicted octanol–water partition coefficient (Wildman–Crippen LogP) is 6.89. The number of aromatic nitrogens is 2. The summed E-state index contributed by atoms with van der Waals surface area (Å²) in [6.07, 6.45) is 4.92. The molecule has 3 heterocycles. The van der Waals surface area contributed by atoms with E-state index in [1.54, 1.807) is 18.2 Å². The molecule has 6 rings (SSSR count). The maximum Gasteiger partial charge on any atom is 0.264 e. The SMILES string of the molecule is Cc1cccc(C)c1-c1cc2nc(n1)NS(=O)(=O)c1cccc(c1)C(=O)N(C1CC3(CCN(C(C)C)CC3)C1)[C@H](CC(C)C)CO2.Cl. The number of anilines is 1. The van der Waals surface area contributed by atoms with Crippen molar-refractivity contribution >= 4 is 34.3 Å². The largest absolute Gasteiger partial charge is 0.475 e. The van der Waals surface area contributed by atoms with E-state index in [1.807, 2.05) is 36.9 Å². The molecule has 254 valence electrons. The highest BCUT2D eigenvalue weighted by Gasteiger charge is 2.50. The number of sulfonamides is 1. The summed E-state index contributed by atoms with van der Waals surface area (Å²) < 4.78 is 36.3. The average molecular weight is 682 g/mol. The van der Waals surface area contributed by atoms with Gasteiger partial charge in [-0.2, -0.15) is 4.98 Å². The lowest BCUT2D eigenvalue weighted by molar-refractivity contribution is -0.0562. The second-order valence-corrected chi connectivity index (χ2v) is 16.0. The lowest BCUT2D eigenvalue weighted by Crippen LogP contribution is -2.60. The van der Waals surface area contributed by atoms with Crippen LogP contribution in [0.15, 0.2) is 53.4 Å². The fourth-order valence-electron chi connectivity index (χ4n) is 7.69. The predicted molar refractivity (Wildman–Crippen MR) is 188 cm³/mol. The van der Waals surface area contributed by atoms with Crippen molar-refractivity contribution in [2.75, 3.05) is 24.4 Å². The van der Waals surface area contributed by atoms with Crippen molar-refractivity contribution in [3.05, 3.63) is 65.2 Å². The highest BCUT2D eigenvalue weighted by molar-refractivity contribution is 7.92. The van der Waals surface area contributed by atoms with Gasteiger partial charge in [0.25, 0.3) is 15.9 Å². The number of piperidine rings is 1. The Hall–Kier alpha value is -3.21. The van der Waals surface area contributed by atoms with Crippen molar-refractivity contribution in [2.45, 2.75) is 96.7 Å². The van der Waals surface area contributed by atoms with Gasteiger partial charge in [0.05, 0.1) is 16.6 Å². The summed E-state index contributed by atoms with van der Waals surface area (Å²) in [5, 5.41) is 0. The lowest BCUT2D eigenvalue weighted by atomic mass is 9.59. The number of hydrogen-bond donors (Lipinski definition) is 1. The number of likely N-dealkylation sites (tertiary alicyclic amines) is 1. The Morgan fingerprint density at radius 2 is 1.64 bits per heavy atom. The number of carbonyl (C=O) groups excluding carboxylic acids is 1. The number of carbonyl (C=O) groups is 1. The fraction of sp³-hybridized carbons (Fsp3) is 0.528. The maximum atomic E-state index is 14.5. The number of ether oxygens (including phenoxy) is 1. The highest BCUT2D eigenvalue weighted by atomic mass is 35.5. The van der Waals surface area contributed by atoms with Crippen LogP contribution < -0.4 is 9.46 Å². The number of aryl methyl sites for hydroxylation is 2. The summed E-state index contributed by atoms with van der Waals surface area (Å²) in [5.74, 6) is 0.349. The van der Waals surface area contributed by atoms with E-state index in [0.29, 0.717) is 23.2 Å². The summed E-state index contributed by atoms with van der Waals surface area (Å²) in [6, 6.07) is 14.5. The maximum absolute atomic E-state index is 14.5. The standard InChI is InChI=1S/C36H47N5O4S.ClH/c1-23(2)17-28-22-45-32-19-31(33-25(5)9-7-10-26(33)6)37-35(38-32)39-46(43,44)30-12-8-11-27(18-30)34(42)41(28)29-20-36(21-29)13-15-40(16-14-36)24(3)4;/h7-12,18-19,23-24,28-29H,13-17,20-22H2,1-6H3,(H,37,38,39);1H/t28-;/m1./s1. The van der Waals surface area contributed by atoms with Gasteiger partial charge < -0.3 is 14.5 Å². The third-order valence-electron chi connectivity index (χ3n) is 10.2. The van der Waals surface area contributed by atoms with Crippen molar-refractivity contribution in [1.29, 1.82) is 0 Å². The van der Waals surface area contributed by atoms with Gasteiger partial charge in [-0.3, -0.25) is 4.79 Å². The molecule has 2 aliphatic heterocycles. The van der Waals surface area contributed by atoms with Gasteiger partial charge in [0.2, 0.25) is 11.8 Å². The molecule has 0 unspecified atom stereocenters. The molecule has 47 heavy (non-hydrogen) atoms. The third kappa shape index (κ3) is 7.29. The van der Waals surface area contributed by atoms with Gasteiger partial charge in [-0.15, -0.1) is 12.4 Å². The van der Waals surface area contributed by atoms with Gasteiger partial charge in [-0.05, 0) is 114 Å². The second-order valence-electron chi connectivity index (χ2n) is 14.3. The molecule has 4 bridgehead atoms. The topological polar surface area (TPSA) is 105 Å². The van der Waals surface area contributed by atoms with Gasteiger partial charge in [0.1, 0.15) is 6.61 Å². The van der Waals surface area contributed by atoms with Gasteiger partial charge in [-0.1, -0.05) is 38.1 Å². The molecule has 2 fully saturated rings. The first-order valence-corrected chi connectivity index (χ1v) is 18.1. The summed E-state index contributed by atoms with van der Waals surface area (Å²) >= 11 is 0. The van der Waals surface area contributed by atoms with E-state index in [4.69, 9.17) is 4.74 Å². The van der Waals surface area contributed by atoms with Gasteiger partial charge in [-0.25, -0.2) is 18.1 Å². The zero-order chi connectivity index (χ0) is 32.8. The Bertz CT molecular complexity index is 1690. The number of halogens is 1. The zero-order valence-corrected chi connectivity index (χ0v) is 30.0. The second kappa shape index (κ2) is 13.7. The quantitative estimate of drug-likeness (QED) is 0.313. The van der Waals surface area contributed by atoms with Crippen molar-refractivity contribution in [2.24, 2.45) is 11.3 Å². The first-order valence-electron chi connectivity index (χ1n) is 16.6. The molecular weight excluding hydrogens is 634 g/mol. The van der Waals surface area contributed by atoms with Gasteiger partial charge >= 0.3 is 0 Å². The first kappa shape index (κ1) is 35.1. The summed E-state index contributed by atoms with van der Waals surface area (Å²) in [6.45, 7) is 15.2. The Kier molecular flexibility index (Phi) is 10.3. The molecule has 0 radical (unpaired) electrons. The van der Waals surface area contributed by atoms with Gasteiger partial charge in [0.15, 0.2) is 0 Å². The Morgan fingerprint density at radius 1 is 0.979 bits per heavy atom. The first-order chi connectivity index (χ1) is 21.8. The van der Waals surface area contributed by atoms with E-state index in [2.05, 4.69) is 47.3 Å². The number of hydrogen-bond acceptors (Lipinski definition) is 7. The molecule has 1 spiro atoms. The van der Waals surface area contributed by atoms with E-state index < -0.39 is 10.0 Å². The monoisotopic (exact) mass is 681 g/mol. The zero-order valence-electron chi connectivity index (χ0n) is 28.3. The molecule has 11 heteroatoms. The smallest absolute Gasteiger partial charge is 0.264 e. The van der Waals surface area contributed by atoms with Gasteiger partial charge in [0, 0.05) is 29.3 Å². The van der Waals surface area contributed by atoms with Crippen LogP contribution in [0.25, 0.3) is 11.3 Å². The molecule has 1 amide bonds. The number of benzene rings is 2. The number of rotatable bonds is 5. The minimum atomic E-state index is -4.10. The summed E-state index contributed by atoms with van der Waals surface area (Å²) in [4.78, 5) is 28.2. The molecule has 1 N–H and O–H groups in total. The third-order valence-corrected chi connectivity index (χ3v) is 11.5. The van der Waals surface area contributed by atoms with Crippen LogP contribution in [0.2, 0.25) is 0 Å². The molecule has 3 aromatic rings. The van der Waals surface area contributed by atoms with Crippen LogP contribution >= 0.6 is 12.4 Å². The van der Waals surface area contributed by atoms with Crippen LogP contribution in [0.1, 0.15) is 81.3 Å². The van der Waals surface area contributed by atoms with Crippen molar-refractivity contribution in [3.63, 3.8) is 0 Å². The number of nitrogens with one attached hydrogen (secondary N) is 1. The molecule has 1 aliphatic carbocycles. The van der Waals surface area contributed by atoms with Crippen LogP contribution in [0, 0.1) is 25.2 Å². The molecule has 9 nitrogen and oxygen atoms in total. The molecule has 1 atom stereocenters. The molecule has 1 aromatic heterocycles. The van der Waals surface area contributed by atoms with Crippen LogP contribution in [-0.4, -0.2) is 71.9 Å². The lowest BCUT2D eigenvalue weighted by Gasteiger charge is -2.57. The van der Waals surface area contributed by atoms with Crippen LogP contribution in [-0.2, 0) is 10.0 Å². The van der Waals surface area contributed by atoms with Crippen molar-refractivity contribution in [3.8, 4) is 17.1 Å². The average Bonchev–Trinajstić information content (AvgIpc) is 2.98. The Balaban J connectivity index is 0.00000433. The van der Waals surface area contributed by atoms with E-state index in [9.17, 15) is 13.2 Å². The molecule has 1 saturated heterocycles. The minimum Gasteiger partial charge on any atom is -0.475 e. The summed E-state index contributed by atoms with van der Waals surface area (Å²) in [5.41, 5.74) is 4.10. The Morgan fingerprint density at radius 3 is 2.28 bits per heavy atom. The van der Waals surface area contributed by atoms with Crippen molar-refractivity contribution < 1.29 is 17.9 Å². The molecule has 3 aliphatic rings. The molecular formula is C36H48ClN5O4S. The van der Waals surface area contributed by atoms with Crippen LogP contribution in [0.5, 0.6) is 5.88 Å². The Labute approximate surface area is 286 Å². The highest BCUT2D eigenvalue weighted by Crippen LogP contribution is 2.52. The minimum absolute atomic E-state index is 0. The molecule has 2 aromatic carbocycles. The summed E-state index contributed by atoms with van der Waals surface area (Å²) in [7, 11) is -4.10. The normalized spacial score (nSPS) is 21.1. The van der Waals surface area contributed by atoms with E-state index >= 15 is 0 Å². The van der Waals surface area contributed by atoms with E-state index in [1.165, 1.54) is 12.1 Å². The molecule has 1 saturated carbocycles. The van der Waals surface area contributed by atoms with E-state index in [0.717, 1.165) is 61.9 Å². The fourth-order valence-corrected chi connectivity index (χ4v) is 8.68. The number of fused-ring (bicyclic) bond motifs is 4. The number of amides is 1. The van der Waals surface area contributed by atoms with Crippen molar-refractivity contribution in [1.82, 2.24) is 19.8 Å². The number of nitrogens with zero attached hydrogens (tertiary/aromatic N) is 4. The van der Waals surface area contributed by atoms with Crippen LogP contribution in [0.4, 0.5) is 5.95 Å². The van der Waals surface area contributed by atoms with E-state index in [-0.39, 0.29) is 59.1 Å².